The number of carbonyl (C=O) groups is 1. The molecule has 2 saturated carbocycles. The van der Waals surface area contributed by atoms with Gasteiger partial charge >= 0.3 is 0 Å². The number of methoxy groups -OCH3 is 1. The first kappa shape index (κ1) is 14.7. The minimum Gasteiger partial charge on any atom is -0.495 e. The Kier molecular flexibility index (Phi) is 2.78. The van der Waals surface area contributed by atoms with E-state index in [-0.39, 0.29) is 35.7 Å². The molecule has 7 atom stereocenters. The molecule has 5 heteroatoms. The van der Waals surface area contributed by atoms with Gasteiger partial charge in [0.1, 0.15) is 5.75 Å². The zero-order valence-corrected chi connectivity index (χ0v) is 14.2. The van der Waals surface area contributed by atoms with Crippen molar-refractivity contribution in [3.8, 4) is 5.75 Å². The number of rotatable bonds is 3. The summed E-state index contributed by atoms with van der Waals surface area (Å²) in [5.41, 5.74) is 0.112. The number of fused-ring (bicyclic) bond motifs is 2. The van der Waals surface area contributed by atoms with Crippen LogP contribution in [0.2, 0.25) is 0 Å². The highest BCUT2D eigenvalue weighted by atomic mass is 16.6. The first-order valence-electron chi connectivity index (χ1n) is 8.85. The monoisotopic (exact) mass is 329 g/mol. The van der Waals surface area contributed by atoms with Crippen LogP contribution in [0.15, 0.2) is 24.3 Å². The van der Waals surface area contributed by atoms with Crippen LogP contribution in [0.5, 0.6) is 5.75 Å². The van der Waals surface area contributed by atoms with Gasteiger partial charge in [-0.3, -0.25) is 9.69 Å². The van der Waals surface area contributed by atoms with Gasteiger partial charge in [0.05, 0.1) is 30.9 Å². The molecule has 0 aromatic heterocycles. The third kappa shape index (κ3) is 1.39. The summed E-state index contributed by atoms with van der Waals surface area (Å²) in [6, 6.07) is 7.65. The molecule has 4 fully saturated rings. The fourth-order valence-corrected chi connectivity index (χ4v) is 6.11. The third-order valence-corrected chi connectivity index (χ3v) is 6.86. The van der Waals surface area contributed by atoms with Crippen LogP contribution in [-0.2, 0) is 9.53 Å². The number of amides is 1. The Balaban J connectivity index is 1.72. The van der Waals surface area contributed by atoms with Crippen molar-refractivity contribution < 1.29 is 19.4 Å². The van der Waals surface area contributed by atoms with Crippen molar-refractivity contribution >= 4 is 11.6 Å². The molecule has 5 rings (SSSR count). The molecule has 2 saturated heterocycles. The van der Waals surface area contributed by atoms with E-state index in [1.807, 2.05) is 29.2 Å². The van der Waals surface area contributed by atoms with E-state index in [4.69, 9.17) is 9.47 Å². The van der Waals surface area contributed by atoms with E-state index in [2.05, 4.69) is 13.8 Å². The van der Waals surface area contributed by atoms with Gasteiger partial charge in [-0.1, -0.05) is 26.0 Å². The lowest BCUT2D eigenvalue weighted by molar-refractivity contribution is -0.136. The molecule has 5 nitrogen and oxygen atoms in total. The lowest BCUT2D eigenvalue weighted by Crippen LogP contribution is -2.54. The van der Waals surface area contributed by atoms with Crippen LogP contribution >= 0.6 is 0 Å². The smallest absolute Gasteiger partial charge is 0.233 e. The van der Waals surface area contributed by atoms with Gasteiger partial charge < -0.3 is 14.6 Å². The molecule has 2 aliphatic carbocycles. The highest BCUT2D eigenvalue weighted by Gasteiger charge is 2.79. The summed E-state index contributed by atoms with van der Waals surface area (Å²) in [6.07, 6.45) is 0.283. The molecule has 2 bridgehead atoms. The van der Waals surface area contributed by atoms with Crippen LogP contribution in [0.3, 0.4) is 0 Å². The highest BCUT2D eigenvalue weighted by molar-refractivity contribution is 6.01. The zero-order valence-electron chi connectivity index (χ0n) is 14.2. The van der Waals surface area contributed by atoms with Crippen LogP contribution in [0.4, 0.5) is 5.69 Å². The van der Waals surface area contributed by atoms with Crippen molar-refractivity contribution in [3.63, 3.8) is 0 Å². The number of anilines is 1. The van der Waals surface area contributed by atoms with Crippen molar-refractivity contribution in [2.45, 2.75) is 38.2 Å². The summed E-state index contributed by atoms with van der Waals surface area (Å²) in [4.78, 5) is 15.3. The zero-order chi connectivity index (χ0) is 16.8. The summed E-state index contributed by atoms with van der Waals surface area (Å²) in [5.74, 6) is 1.29. The van der Waals surface area contributed by atoms with Crippen LogP contribution in [0.25, 0.3) is 0 Å². The molecule has 1 amide bonds. The first-order chi connectivity index (χ1) is 11.5. The maximum Gasteiger partial charge on any atom is 0.233 e. The van der Waals surface area contributed by atoms with Gasteiger partial charge in [-0.2, -0.15) is 0 Å². The van der Waals surface area contributed by atoms with Crippen molar-refractivity contribution in [3.05, 3.63) is 24.3 Å². The number of benzene rings is 1. The van der Waals surface area contributed by atoms with E-state index < -0.39 is 11.8 Å². The number of nitrogens with zero attached hydrogens (tertiary/aromatic N) is 1. The minimum absolute atomic E-state index is 0.0397. The molecule has 1 aromatic rings. The number of aliphatic hydroxyl groups excluding tert-OH is 1. The van der Waals surface area contributed by atoms with Crippen molar-refractivity contribution in [2.75, 3.05) is 12.0 Å². The summed E-state index contributed by atoms with van der Waals surface area (Å²) >= 11 is 0. The van der Waals surface area contributed by atoms with E-state index in [0.29, 0.717) is 11.7 Å². The largest absolute Gasteiger partial charge is 0.495 e. The highest BCUT2D eigenvalue weighted by Crippen LogP contribution is 2.69. The van der Waals surface area contributed by atoms with Gasteiger partial charge in [0.2, 0.25) is 5.91 Å². The van der Waals surface area contributed by atoms with E-state index in [0.717, 1.165) is 12.1 Å². The molecule has 2 aliphatic heterocycles. The summed E-state index contributed by atoms with van der Waals surface area (Å²) in [5, 5.41) is 10.6. The van der Waals surface area contributed by atoms with Crippen LogP contribution in [-0.4, -0.2) is 36.1 Å². The molecule has 4 aliphatic rings. The average molecular weight is 329 g/mol. The van der Waals surface area contributed by atoms with E-state index in [1.165, 1.54) is 0 Å². The Morgan fingerprint density at radius 1 is 1.33 bits per heavy atom. The SMILES string of the molecule is COc1ccccc1N1C(=O)[C@@H]2[C@H]3C[C@H]4[C@H](O[C@]1(C(C)C)[C@H]42)[C@@H]3O. The number of carbonyl (C=O) groups excluding carboxylic acids is 1. The Morgan fingerprint density at radius 2 is 2.08 bits per heavy atom. The van der Waals surface area contributed by atoms with Gasteiger partial charge in [-0.25, -0.2) is 0 Å². The second kappa shape index (κ2) is 4.52. The molecular weight excluding hydrogens is 306 g/mol. The fraction of sp³-hybridized carbons (Fsp3) is 0.632. The fourth-order valence-electron chi connectivity index (χ4n) is 6.11. The van der Waals surface area contributed by atoms with Gasteiger partial charge in [0.25, 0.3) is 0 Å². The maximum absolute atomic E-state index is 13.4. The number of ether oxygens (including phenoxy) is 2. The molecule has 0 unspecified atom stereocenters. The molecule has 0 radical (unpaired) electrons. The van der Waals surface area contributed by atoms with E-state index in [1.54, 1.807) is 7.11 Å². The number of para-hydroxylation sites is 2. The van der Waals surface area contributed by atoms with Crippen molar-refractivity contribution in [1.82, 2.24) is 0 Å². The van der Waals surface area contributed by atoms with E-state index >= 15 is 0 Å². The van der Waals surface area contributed by atoms with Crippen LogP contribution in [0.1, 0.15) is 20.3 Å². The minimum atomic E-state index is -0.669. The van der Waals surface area contributed by atoms with Gasteiger partial charge in [0, 0.05) is 11.8 Å². The third-order valence-electron chi connectivity index (χ3n) is 6.86. The van der Waals surface area contributed by atoms with Gasteiger partial charge in [-0.15, -0.1) is 0 Å². The Hall–Kier alpha value is -1.59. The Labute approximate surface area is 141 Å². The predicted octanol–water partition coefficient (Wildman–Crippen LogP) is 2.04. The van der Waals surface area contributed by atoms with Gasteiger partial charge in [0.15, 0.2) is 5.72 Å². The molecule has 24 heavy (non-hydrogen) atoms. The topological polar surface area (TPSA) is 59.0 Å². The normalized spacial score (nSPS) is 44.9. The lowest BCUT2D eigenvalue weighted by Gasteiger charge is -2.42. The van der Waals surface area contributed by atoms with Crippen LogP contribution < -0.4 is 9.64 Å². The Bertz CT molecular complexity index is 719. The molecule has 128 valence electrons. The second-order valence-corrected chi connectivity index (χ2v) is 7.94. The number of hydrogen-bond donors (Lipinski definition) is 1. The molecule has 1 aromatic carbocycles. The number of hydrogen-bond acceptors (Lipinski definition) is 4. The molecule has 1 N–H and O–H groups in total. The number of aliphatic hydroxyl groups is 1. The quantitative estimate of drug-likeness (QED) is 0.922. The molecular formula is C19H23NO4. The second-order valence-electron chi connectivity index (χ2n) is 7.94. The summed E-state index contributed by atoms with van der Waals surface area (Å²) < 4.78 is 12.0. The summed E-state index contributed by atoms with van der Waals surface area (Å²) in [6.45, 7) is 4.23. The molecule has 0 spiro atoms. The lowest BCUT2D eigenvalue weighted by atomic mass is 9.74. The maximum atomic E-state index is 13.4. The van der Waals surface area contributed by atoms with E-state index in [9.17, 15) is 9.90 Å². The van der Waals surface area contributed by atoms with Crippen molar-refractivity contribution in [1.29, 1.82) is 0 Å². The van der Waals surface area contributed by atoms with Crippen LogP contribution in [0, 0.1) is 29.6 Å². The molecule has 2 heterocycles. The summed E-state index contributed by atoms with van der Waals surface area (Å²) in [7, 11) is 1.63. The van der Waals surface area contributed by atoms with Gasteiger partial charge in [-0.05, 0) is 30.4 Å². The predicted molar refractivity (Wildman–Crippen MR) is 87.5 cm³/mol. The van der Waals surface area contributed by atoms with Crippen molar-refractivity contribution in [2.24, 2.45) is 29.6 Å². The first-order valence-corrected chi connectivity index (χ1v) is 8.85. The average Bonchev–Trinajstić information content (AvgIpc) is 3.23. The Morgan fingerprint density at radius 3 is 2.79 bits per heavy atom. The standard InChI is InChI=1S/C19H23NO4/c1-9(2)19-15-11-8-10(16(21)17(11)24-19)14(15)18(22)20(19)12-6-4-5-7-13(12)23-3/h4-7,9-11,14-17,21H,8H2,1-3H3/t10-,11-,14-,15-,16-,17+,19-/m1/s1.